The maximum atomic E-state index is 13.5. The van der Waals surface area contributed by atoms with Gasteiger partial charge in [-0.1, -0.05) is 29.8 Å². The van der Waals surface area contributed by atoms with Gasteiger partial charge in [-0.3, -0.25) is 9.59 Å². The minimum Gasteiger partial charge on any atom is -0.350 e. The SMILES string of the molecule is CC(=O)C1=CN(Cc2cccc(Cl)c2)C=CC1CC1Cc2cc(F)ccc2C1=O. The third-order valence-corrected chi connectivity index (χ3v) is 5.82. The van der Waals surface area contributed by atoms with Crippen LogP contribution in [-0.4, -0.2) is 16.5 Å². The fourth-order valence-corrected chi connectivity index (χ4v) is 4.40. The minimum atomic E-state index is -0.323. The minimum absolute atomic E-state index is 0.00977. The molecule has 0 N–H and O–H groups in total. The first kappa shape index (κ1) is 19.6. The van der Waals surface area contributed by atoms with E-state index in [9.17, 15) is 14.0 Å². The maximum Gasteiger partial charge on any atom is 0.166 e. The molecule has 2 aliphatic rings. The van der Waals surface area contributed by atoms with Crippen molar-refractivity contribution in [2.24, 2.45) is 11.8 Å². The van der Waals surface area contributed by atoms with Crippen molar-refractivity contribution in [3.05, 3.63) is 94.0 Å². The van der Waals surface area contributed by atoms with Crippen LogP contribution < -0.4 is 0 Å². The third kappa shape index (κ3) is 4.18. The summed E-state index contributed by atoms with van der Waals surface area (Å²) >= 11 is 6.06. The van der Waals surface area contributed by atoms with Gasteiger partial charge in [0.25, 0.3) is 0 Å². The highest BCUT2D eigenvalue weighted by atomic mass is 35.5. The van der Waals surface area contributed by atoms with Gasteiger partial charge in [0.1, 0.15) is 5.82 Å². The average molecular weight is 410 g/mol. The highest BCUT2D eigenvalue weighted by Crippen LogP contribution is 2.35. The van der Waals surface area contributed by atoms with E-state index in [2.05, 4.69) is 0 Å². The number of fused-ring (bicyclic) bond motifs is 1. The van der Waals surface area contributed by atoms with Gasteiger partial charge in [0, 0.05) is 46.9 Å². The number of hydrogen-bond donors (Lipinski definition) is 0. The van der Waals surface area contributed by atoms with Crippen molar-refractivity contribution in [1.29, 1.82) is 0 Å². The molecule has 0 spiro atoms. The second-order valence-corrected chi connectivity index (χ2v) is 8.13. The van der Waals surface area contributed by atoms with Gasteiger partial charge < -0.3 is 4.90 Å². The molecule has 4 rings (SSSR count). The Bertz CT molecular complexity index is 1040. The number of benzene rings is 2. The predicted molar refractivity (Wildman–Crippen MR) is 111 cm³/mol. The maximum absolute atomic E-state index is 13.5. The lowest BCUT2D eigenvalue weighted by molar-refractivity contribution is -0.114. The Balaban J connectivity index is 1.50. The lowest BCUT2D eigenvalue weighted by Crippen LogP contribution is -2.24. The molecule has 1 heterocycles. The molecule has 2 aromatic rings. The van der Waals surface area contributed by atoms with Crippen molar-refractivity contribution in [1.82, 2.24) is 4.90 Å². The molecule has 3 nitrogen and oxygen atoms in total. The van der Waals surface area contributed by atoms with E-state index in [1.54, 1.807) is 13.0 Å². The van der Waals surface area contributed by atoms with Crippen LogP contribution >= 0.6 is 11.6 Å². The van der Waals surface area contributed by atoms with E-state index in [1.165, 1.54) is 12.1 Å². The Hall–Kier alpha value is -2.72. The van der Waals surface area contributed by atoms with Crippen molar-refractivity contribution in [2.75, 3.05) is 0 Å². The van der Waals surface area contributed by atoms with Crippen molar-refractivity contribution in [3.63, 3.8) is 0 Å². The zero-order valence-corrected chi connectivity index (χ0v) is 16.8. The fourth-order valence-electron chi connectivity index (χ4n) is 4.18. The van der Waals surface area contributed by atoms with Crippen LogP contribution in [0.15, 0.2) is 66.5 Å². The molecule has 148 valence electrons. The number of allylic oxidation sites excluding steroid dienone is 2. The predicted octanol–water partition coefficient (Wildman–Crippen LogP) is 5.34. The first-order chi connectivity index (χ1) is 13.9. The molecular formula is C24H21ClFNO2. The van der Waals surface area contributed by atoms with E-state index in [4.69, 9.17) is 11.6 Å². The van der Waals surface area contributed by atoms with Gasteiger partial charge in [0.05, 0.1) is 0 Å². The third-order valence-electron chi connectivity index (χ3n) is 5.58. The summed E-state index contributed by atoms with van der Waals surface area (Å²) in [5.74, 6) is -0.655. The van der Waals surface area contributed by atoms with Gasteiger partial charge in [0.2, 0.25) is 0 Å². The molecule has 2 unspecified atom stereocenters. The van der Waals surface area contributed by atoms with Crippen LogP contribution in [0.5, 0.6) is 0 Å². The average Bonchev–Trinajstić information content (AvgIpc) is 2.97. The van der Waals surface area contributed by atoms with Crippen molar-refractivity contribution < 1.29 is 14.0 Å². The summed E-state index contributed by atoms with van der Waals surface area (Å²) in [6, 6.07) is 11.9. The second kappa shape index (κ2) is 7.96. The molecule has 1 aliphatic carbocycles. The molecule has 0 fully saturated rings. The standard InChI is InChI=1S/C24H21ClFNO2/c1-15(28)23-14-27(13-16-3-2-4-20(25)9-16)8-7-17(23)10-19-11-18-12-21(26)5-6-22(18)24(19)29/h2-9,12,14,17,19H,10-11,13H2,1H3. The molecule has 2 atom stereocenters. The quantitative estimate of drug-likeness (QED) is 0.668. The van der Waals surface area contributed by atoms with E-state index >= 15 is 0 Å². The zero-order chi connectivity index (χ0) is 20.5. The van der Waals surface area contributed by atoms with Gasteiger partial charge in [0.15, 0.2) is 11.6 Å². The molecular weight excluding hydrogens is 389 g/mol. The van der Waals surface area contributed by atoms with Crippen molar-refractivity contribution in [2.45, 2.75) is 26.3 Å². The summed E-state index contributed by atoms with van der Waals surface area (Å²) in [5.41, 5.74) is 3.09. The molecule has 29 heavy (non-hydrogen) atoms. The number of nitrogens with zero attached hydrogens (tertiary/aromatic N) is 1. The molecule has 0 amide bonds. The van der Waals surface area contributed by atoms with Gasteiger partial charge >= 0.3 is 0 Å². The molecule has 0 aromatic heterocycles. The Morgan fingerprint density at radius 3 is 2.83 bits per heavy atom. The van der Waals surface area contributed by atoms with Crippen LogP contribution in [0.3, 0.4) is 0 Å². The van der Waals surface area contributed by atoms with Crippen molar-refractivity contribution >= 4 is 23.2 Å². The van der Waals surface area contributed by atoms with Crippen molar-refractivity contribution in [3.8, 4) is 0 Å². The van der Waals surface area contributed by atoms with Gasteiger partial charge in [-0.2, -0.15) is 0 Å². The molecule has 1 aliphatic heterocycles. The number of ketones is 2. The molecule has 2 aromatic carbocycles. The van der Waals surface area contributed by atoms with Gasteiger partial charge in [-0.05, 0) is 61.2 Å². The number of rotatable bonds is 5. The summed E-state index contributed by atoms with van der Waals surface area (Å²) < 4.78 is 13.5. The lowest BCUT2D eigenvalue weighted by Gasteiger charge is -2.27. The monoisotopic (exact) mass is 409 g/mol. The van der Waals surface area contributed by atoms with Crippen LogP contribution in [0.4, 0.5) is 4.39 Å². The normalized spacial score (nSPS) is 20.6. The lowest BCUT2D eigenvalue weighted by atomic mass is 9.84. The number of Topliss-reactive ketones (excluding diaryl/α,β-unsaturated/α-hetero) is 2. The first-order valence-corrected chi connectivity index (χ1v) is 10.0. The number of hydrogen-bond acceptors (Lipinski definition) is 3. The van der Waals surface area contributed by atoms with E-state index in [-0.39, 0.29) is 29.2 Å². The number of halogens is 2. The van der Waals surface area contributed by atoms with E-state index in [0.29, 0.717) is 35.5 Å². The van der Waals surface area contributed by atoms with Gasteiger partial charge in [-0.15, -0.1) is 0 Å². The van der Waals surface area contributed by atoms with E-state index in [1.807, 2.05) is 47.6 Å². The van der Waals surface area contributed by atoms with E-state index < -0.39 is 0 Å². The number of carbonyl (C=O) groups excluding carboxylic acids is 2. The highest BCUT2D eigenvalue weighted by Gasteiger charge is 2.34. The topological polar surface area (TPSA) is 37.4 Å². The number of carbonyl (C=O) groups is 2. The zero-order valence-electron chi connectivity index (χ0n) is 16.1. The summed E-state index contributed by atoms with van der Waals surface area (Å²) in [6.07, 6.45) is 6.86. The van der Waals surface area contributed by atoms with Crippen LogP contribution in [0, 0.1) is 17.7 Å². The summed E-state index contributed by atoms with van der Waals surface area (Å²) in [6.45, 7) is 2.16. The van der Waals surface area contributed by atoms with Crippen LogP contribution in [-0.2, 0) is 17.8 Å². The summed E-state index contributed by atoms with van der Waals surface area (Å²) in [4.78, 5) is 27.0. The van der Waals surface area contributed by atoms with Gasteiger partial charge in [-0.25, -0.2) is 4.39 Å². The smallest absolute Gasteiger partial charge is 0.166 e. The molecule has 0 bridgehead atoms. The largest absolute Gasteiger partial charge is 0.350 e. The summed E-state index contributed by atoms with van der Waals surface area (Å²) in [7, 11) is 0. The molecule has 0 saturated carbocycles. The van der Waals surface area contributed by atoms with Crippen LogP contribution in [0.1, 0.15) is 34.8 Å². The Labute approximate surface area is 174 Å². The van der Waals surface area contributed by atoms with Crippen LogP contribution in [0.2, 0.25) is 5.02 Å². The first-order valence-electron chi connectivity index (χ1n) is 9.64. The molecule has 0 saturated heterocycles. The van der Waals surface area contributed by atoms with E-state index in [0.717, 1.165) is 11.1 Å². The summed E-state index contributed by atoms with van der Waals surface area (Å²) in [5, 5.41) is 0.674. The fraction of sp³-hybridized carbons (Fsp3) is 0.250. The Kier molecular flexibility index (Phi) is 5.37. The Morgan fingerprint density at radius 1 is 1.24 bits per heavy atom. The second-order valence-electron chi connectivity index (χ2n) is 7.69. The molecule has 0 radical (unpaired) electrons. The van der Waals surface area contributed by atoms with Crippen LogP contribution in [0.25, 0.3) is 0 Å². The molecule has 5 heteroatoms. The Morgan fingerprint density at radius 2 is 2.07 bits per heavy atom. The highest BCUT2D eigenvalue weighted by molar-refractivity contribution is 6.30.